The average Bonchev–Trinajstić information content (AvgIpc) is 2.78. The van der Waals surface area contributed by atoms with Crippen molar-refractivity contribution in [2.75, 3.05) is 0 Å². The maximum atomic E-state index is 5.84. The maximum absolute atomic E-state index is 5.84. The Morgan fingerprint density at radius 1 is 1.22 bits per heavy atom. The van der Waals surface area contributed by atoms with Crippen LogP contribution in [0.15, 0.2) is 23.6 Å². The van der Waals surface area contributed by atoms with Gasteiger partial charge < -0.3 is 5.73 Å². The van der Waals surface area contributed by atoms with Crippen molar-refractivity contribution in [1.29, 1.82) is 0 Å². The molecule has 0 bridgehead atoms. The SMILES string of the molecule is Cc1ccc(-c2csc(C3CC(N)C3)n2)cc1C. The zero-order valence-electron chi connectivity index (χ0n) is 10.8. The van der Waals surface area contributed by atoms with Gasteiger partial charge in [-0.05, 0) is 43.9 Å². The van der Waals surface area contributed by atoms with E-state index < -0.39 is 0 Å². The number of hydrogen-bond donors (Lipinski definition) is 1. The molecule has 94 valence electrons. The minimum atomic E-state index is 0.393. The molecule has 2 N–H and O–H groups in total. The molecule has 1 aliphatic rings. The fourth-order valence-electron chi connectivity index (χ4n) is 2.37. The smallest absolute Gasteiger partial charge is 0.0964 e. The van der Waals surface area contributed by atoms with Gasteiger partial charge in [0.2, 0.25) is 0 Å². The van der Waals surface area contributed by atoms with Crippen LogP contribution in [0.4, 0.5) is 0 Å². The minimum absolute atomic E-state index is 0.393. The van der Waals surface area contributed by atoms with Crippen LogP contribution in [0.25, 0.3) is 11.3 Å². The lowest BCUT2D eigenvalue weighted by atomic mass is 9.81. The molecule has 18 heavy (non-hydrogen) atoms. The number of nitrogens with two attached hydrogens (primary N) is 1. The lowest BCUT2D eigenvalue weighted by molar-refractivity contribution is 0.351. The summed E-state index contributed by atoms with van der Waals surface area (Å²) in [6.45, 7) is 4.29. The first-order chi connectivity index (χ1) is 8.63. The Kier molecular flexibility index (Phi) is 2.96. The third-order valence-electron chi connectivity index (χ3n) is 3.85. The van der Waals surface area contributed by atoms with E-state index in [1.54, 1.807) is 11.3 Å². The molecule has 1 heterocycles. The fraction of sp³-hybridized carbons (Fsp3) is 0.400. The van der Waals surface area contributed by atoms with E-state index in [0.29, 0.717) is 12.0 Å². The van der Waals surface area contributed by atoms with Gasteiger partial charge in [-0.25, -0.2) is 4.98 Å². The topological polar surface area (TPSA) is 38.9 Å². The molecule has 1 saturated carbocycles. The second-order valence-corrected chi connectivity index (χ2v) is 6.19. The minimum Gasteiger partial charge on any atom is -0.328 e. The van der Waals surface area contributed by atoms with Gasteiger partial charge in [0.05, 0.1) is 10.7 Å². The standard InChI is InChI=1S/C15H18N2S/c1-9-3-4-11(5-10(9)2)14-8-18-15(17-14)12-6-13(16)7-12/h3-5,8,12-13H,6-7,16H2,1-2H3. The monoisotopic (exact) mass is 258 g/mol. The molecular weight excluding hydrogens is 240 g/mol. The fourth-order valence-corrected chi connectivity index (χ4v) is 3.33. The van der Waals surface area contributed by atoms with E-state index in [4.69, 9.17) is 10.7 Å². The number of thiazole rings is 1. The molecule has 0 amide bonds. The highest BCUT2D eigenvalue weighted by atomic mass is 32.1. The Balaban J connectivity index is 1.86. The highest BCUT2D eigenvalue weighted by molar-refractivity contribution is 7.10. The molecule has 2 nitrogen and oxygen atoms in total. The van der Waals surface area contributed by atoms with Crippen molar-refractivity contribution in [2.24, 2.45) is 5.73 Å². The van der Waals surface area contributed by atoms with Crippen LogP contribution in [0.5, 0.6) is 0 Å². The third kappa shape index (κ3) is 2.08. The molecule has 1 aliphatic carbocycles. The molecule has 0 unspecified atom stereocenters. The Morgan fingerprint density at radius 2 is 2.00 bits per heavy atom. The van der Waals surface area contributed by atoms with E-state index in [9.17, 15) is 0 Å². The highest BCUT2D eigenvalue weighted by Gasteiger charge is 2.29. The summed E-state index contributed by atoms with van der Waals surface area (Å²) in [6.07, 6.45) is 2.19. The quantitative estimate of drug-likeness (QED) is 0.893. The number of aryl methyl sites for hydroxylation is 2. The summed E-state index contributed by atoms with van der Waals surface area (Å²) < 4.78 is 0. The van der Waals surface area contributed by atoms with Crippen molar-refractivity contribution >= 4 is 11.3 Å². The first-order valence-electron chi connectivity index (χ1n) is 6.42. The van der Waals surface area contributed by atoms with E-state index in [2.05, 4.69) is 37.4 Å². The van der Waals surface area contributed by atoms with Gasteiger partial charge in [-0.1, -0.05) is 12.1 Å². The lowest BCUT2D eigenvalue weighted by Crippen LogP contribution is -2.34. The summed E-state index contributed by atoms with van der Waals surface area (Å²) in [4.78, 5) is 4.77. The zero-order valence-corrected chi connectivity index (χ0v) is 11.6. The summed E-state index contributed by atoms with van der Waals surface area (Å²) in [5.41, 5.74) is 10.8. The van der Waals surface area contributed by atoms with Crippen LogP contribution in [0.2, 0.25) is 0 Å². The molecule has 0 atom stereocenters. The molecule has 0 aliphatic heterocycles. The van der Waals surface area contributed by atoms with Crippen LogP contribution < -0.4 is 5.73 Å². The van der Waals surface area contributed by atoms with Crippen LogP contribution >= 0.6 is 11.3 Å². The van der Waals surface area contributed by atoms with E-state index in [0.717, 1.165) is 18.5 Å². The predicted octanol–water partition coefficient (Wildman–Crippen LogP) is 3.63. The Bertz CT molecular complexity index is 568. The molecule has 2 aromatic rings. The average molecular weight is 258 g/mol. The first kappa shape index (κ1) is 11.9. The van der Waals surface area contributed by atoms with Crippen LogP contribution in [0.1, 0.15) is 34.9 Å². The summed E-state index contributed by atoms with van der Waals surface area (Å²) in [5, 5.41) is 3.42. The second kappa shape index (κ2) is 4.48. The molecular formula is C15H18N2S. The third-order valence-corrected chi connectivity index (χ3v) is 4.86. The van der Waals surface area contributed by atoms with E-state index >= 15 is 0 Å². The largest absolute Gasteiger partial charge is 0.328 e. The van der Waals surface area contributed by atoms with Crippen molar-refractivity contribution in [3.8, 4) is 11.3 Å². The maximum Gasteiger partial charge on any atom is 0.0964 e. The number of aromatic nitrogens is 1. The normalized spacial score (nSPS) is 22.8. The van der Waals surface area contributed by atoms with Gasteiger partial charge in [-0.15, -0.1) is 11.3 Å². The summed E-state index contributed by atoms with van der Waals surface area (Å²) in [5.74, 6) is 0.602. The number of rotatable bonds is 2. The second-order valence-electron chi connectivity index (χ2n) is 5.30. The van der Waals surface area contributed by atoms with Crippen molar-refractivity contribution in [1.82, 2.24) is 4.98 Å². The van der Waals surface area contributed by atoms with Gasteiger partial charge in [-0.2, -0.15) is 0 Å². The molecule has 1 fully saturated rings. The highest BCUT2D eigenvalue weighted by Crippen LogP contribution is 2.38. The summed E-state index contributed by atoms with van der Waals surface area (Å²) in [6, 6.07) is 6.95. The molecule has 0 radical (unpaired) electrons. The first-order valence-corrected chi connectivity index (χ1v) is 7.30. The van der Waals surface area contributed by atoms with Crippen molar-refractivity contribution < 1.29 is 0 Å². The van der Waals surface area contributed by atoms with Crippen LogP contribution in [0, 0.1) is 13.8 Å². The van der Waals surface area contributed by atoms with Crippen LogP contribution in [-0.4, -0.2) is 11.0 Å². The molecule has 3 heteroatoms. The van der Waals surface area contributed by atoms with Gasteiger partial charge >= 0.3 is 0 Å². The zero-order chi connectivity index (χ0) is 12.7. The van der Waals surface area contributed by atoms with Crippen molar-refractivity contribution in [3.05, 3.63) is 39.7 Å². The van der Waals surface area contributed by atoms with Gasteiger partial charge in [0.15, 0.2) is 0 Å². The molecule has 0 saturated heterocycles. The van der Waals surface area contributed by atoms with Crippen LogP contribution in [0.3, 0.4) is 0 Å². The predicted molar refractivity (Wildman–Crippen MR) is 77.0 cm³/mol. The summed E-state index contributed by atoms with van der Waals surface area (Å²) in [7, 11) is 0. The van der Waals surface area contributed by atoms with Gasteiger partial charge in [-0.3, -0.25) is 0 Å². The summed E-state index contributed by atoms with van der Waals surface area (Å²) >= 11 is 1.77. The molecule has 0 spiro atoms. The Morgan fingerprint density at radius 3 is 2.67 bits per heavy atom. The molecule has 1 aromatic carbocycles. The number of hydrogen-bond acceptors (Lipinski definition) is 3. The van der Waals surface area contributed by atoms with Crippen LogP contribution in [-0.2, 0) is 0 Å². The number of nitrogens with zero attached hydrogens (tertiary/aromatic N) is 1. The van der Waals surface area contributed by atoms with Gasteiger partial charge in [0.1, 0.15) is 0 Å². The Hall–Kier alpha value is -1.19. The van der Waals surface area contributed by atoms with E-state index in [-0.39, 0.29) is 0 Å². The van der Waals surface area contributed by atoms with Gasteiger partial charge in [0, 0.05) is 22.9 Å². The molecule has 3 rings (SSSR count). The molecule has 1 aromatic heterocycles. The lowest BCUT2D eigenvalue weighted by Gasteiger charge is -2.30. The Labute approximate surface area is 112 Å². The van der Waals surface area contributed by atoms with E-state index in [1.807, 2.05) is 0 Å². The van der Waals surface area contributed by atoms with Gasteiger partial charge in [0.25, 0.3) is 0 Å². The van der Waals surface area contributed by atoms with Crippen molar-refractivity contribution in [2.45, 2.75) is 38.6 Å². The number of benzene rings is 1. The van der Waals surface area contributed by atoms with Crippen molar-refractivity contribution in [3.63, 3.8) is 0 Å². The van der Waals surface area contributed by atoms with E-state index in [1.165, 1.54) is 21.7 Å².